The fraction of sp³-hybridized carbons (Fsp3) is 0.0588. The van der Waals surface area contributed by atoms with E-state index < -0.39 is 0 Å². The summed E-state index contributed by atoms with van der Waals surface area (Å²) in [6, 6.07) is 81.6. The van der Waals surface area contributed by atoms with E-state index in [-0.39, 0.29) is 0 Å². The number of aryl methyl sites for hydroxylation is 4. The SMILES string of the molecule is Cc1ccc(C)c(N(c2cc(-c3cc(-c4ccccc4)c(C)cn3)cc(-n3c4ccccc4c4ccccc43)c2)c2cc(-c3cc(-c4ccccc4)c(C)cn3)cc(-n3c4ccccc4c4ccccc43)c2)c1. The van der Waals surface area contributed by atoms with Gasteiger partial charge in [-0.25, -0.2) is 0 Å². The molecule has 0 saturated heterocycles. The zero-order chi connectivity index (χ0) is 49.2. The Hall–Kier alpha value is -9.32. The van der Waals surface area contributed by atoms with E-state index in [0.717, 1.165) is 112 Å². The van der Waals surface area contributed by atoms with Crippen LogP contribution >= 0.6 is 0 Å². The standard InChI is InChI=1S/C68H51N5/c1-44-31-32-45(2)68(33-44)71(52-34-50(62-40-60(46(3)42-69-62)48-19-7-5-8-20-48)36-54(38-52)72-64-27-15-11-23-56(64)57-24-12-16-28-65(57)72)53-35-51(63-41-61(47(4)43-70-63)49-21-9-6-10-22-49)37-55(39-53)73-66-29-17-13-25-58(66)59-26-14-18-30-67(59)73/h5-43H,1-4H3. The van der Waals surface area contributed by atoms with Crippen molar-refractivity contribution in [3.63, 3.8) is 0 Å². The monoisotopic (exact) mass is 937 g/mol. The highest BCUT2D eigenvalue weighted by molar-refractivity contribution is 6.10. The molecular formula is C68H51N5. The molecule has 5 nitrogen and oxygen atoms in total. The summed E-state index contributed by atoms with van der Waals surface area (Å²) in [5.74, 6) is 0. The van der Waals surface area contributed by atoms with Gasteiger partial charge in [0, 0.05) is 73.5 Å². The number of aromatic nitrogens is 4. The molecule has 0 aliphatic carbocycles. The van der Waals surface area contributed by atoms with Gasteiger partial charge in [-0.3, -0.25) is 9.97 Å². The van der Waals surface area contributed by atoms with Crippen molar-refractivity contribution in [3.8, 4) is 56.1 Å². The van der Waals surface area contributed by atoms with Crippen molar-refractivity contribution >= 4 is 60.7 Å². The van der Waals surface area contributed by atoms with Crippen LogP contribution in [0.3, 0.4) is 0 Å². The van der Waals surface area contributed by atoms with E-state index in [2.05, 4.69) is 266 Å². The van der Waals surface area contributed by atoms with Crippen molar-refractivity contribution in [2.24, 2.45) is 0 Å². The van der Waals surface area contributed by atoms with Crippen LogP contribution in [0.15, 0.2) is 237 Å². The Morgan fingerprint density at radius 3 is 1.12 bits per heavy atom. The minimum absolute atomic E-state index is 0.895. The summed E-state index contributed by atoms with van der Waals surface area (Å²) in [6.07, 6.45) is 4.04. The Morgan fingerprint density at radius 1 is 0.329 bits per heavy atom. The topological polar surface area (TPSA) is 38.9 Å². The molecule has 0 aliphatic heterocycles. The van der Waals surface area contributed by atoms with Gasteiger partial charge in [-0.15, -0.1) is 0 Å². The fourth-order valence-corrected chi connectivity index (χ4v) is 11.0. The largest absolute Gasteiger partial charge is 0.310 e. The summed E-state index contributed by atoms with van der Waals surface area (Å²) in [7, 11) is 0. The molecule has 0 bridgehead atoms. The third-order valence-electron chi connectivity index (χ3n) is 14.6. The Morgan fingerprint density at radius 2 is 0.712 bits per heavy atom. The Bertz CT molecular complexity index is 3900. The first kappa shape index (κ1) is 43.7. The Balaban J connectivity index is 1.13. The molecule has 0 amide bonds. The Labute approximate surface area is 425 Å². The van der Waals surface area contributed by atoms with Crippen LogP contribution in [0.1, 0.15) is 22.3 Å². The number of benzene rings is 9. The van der Waals surface area contributed by atoms with Gasteiger partial charge >= 0.3 is 0 Å². The number of hydrogen-bond donors (Lipinski definition) is 0. The number of nitrogens with zero attached hydrogens (tertiary/aromatic N) is 5. The van der Waals surface area contributed by atoms with Crippen LogP contribution in [-0.4, -0.2) is 19.1 Å². The second-order valence-corrected chi connectivity index (χ2v) is 19.3. The van der Waals surface area contributed by atoms with Crippen LogP contribution in [0.5, 0.6) is 0 Å². The van der Waals surface area contributed by atoms with E-state index in [1.807, 2.05) is 12.4 Å². The molecule has 4 heterocycles. The van der Waals surface area contributed by atoms with Crippen LogP contribution in [0.4, 0.5) is 17.1 Å². The van der Waals surface area contributed by atoms with Gasteiger partial charge in [0.15, 0.2) is 0 Å². The highest BCUT2D eigenvalue weighted by Gasteiger charge is 2.23. The average molecular weight is 938 g/mol. The van der Waals surface area contributed by atoms with Gasteiger partial charge in [0.05, 0.1) is 33.5 Å². The maximum Gasteiger partial charge on any atom is 0.0709 e. The minimum atomic E-state index is 0.895. The first-order chi connectivity index (χ1) is 35.8. The molecule has 9 aromatic carbocycles. The van der Waals surface area contributed by atoms with Gasteiger partial charge in [0.1, 0.15) is 0 Å². The summed E-state index contributed by atoms with van der Waals surface area (Å²) in [6.45, 7) is 8.70. The lowest BCUT2D eigenvalue weighted by Crippen LogP contribution is -2.13. The fourth-order valence-electron chi connectivity index (χ4n) is 11.0. The van der Waals surface area contributed by atoms with Crippen molar-refractivity contribution in [3.05, 3.63) is 259 Å². The number of pyridine rings is 2. The zero-order valence-electron chi connectivity index (χ0n) is 41.3. The third-order valence-corrected chi connectivity index (χ3v) is 14.6. The minimum Gasteiger partial charge on any atom is -0.310 e. The van der Waals surface area contributed by atoms with E-state index in [0.29, 0.717) is 0 Å². The van der Waals surface area contributed by atoms with E-state index in [1.54, 1.807) is 0 Å². The summed E-state index contributed by atoms with van der Waals surface area (Å²) >= 11 is 0. The predicted octanol–water partition coefficient (Wildman–Crippen LogP) is 18.0. The number of hydrogen-bond acceptors (Lipinski definition) is 3. The summed E-state index contributed by atoms with van der Waals surface area (Å²) in [5, 5.41) is 4.83. The quantitative estimate of drug-likeness (QED) is 0.145. The van der Waals surface area contributed by atoms with E-state index in [1.165, 1.54) is 27.1 Å². The molecule has 0 N–H and O–H groups in total. The maximum atomic E-state index is 5.22. The third kappa shape index (κ3) is 7.65. The van der Waals surface area contributed by atoms with E-state index in [4.69, 9.17) is 9.97 Å². The first-order valence-electron chi connectivity index (χ1n) is 25.0. The molecule has 0 aliphatic rings. The lowest BCUT2D eigenvalue weighted by Gasteiger charge is -2.30. The highest BCUT2D eigenvalue weighted by atomic mass is 15.2. The second kappa shape index (κ2) is 17.8. The smallest absolute Gasteiger partial charge is 0.0709 e. The molecule has 4 aromatic heterocycles. The first-order valence-corrected chi connectivity index (χ1v) is 25.0. The van der Waals surface area contributed by atoms with Gasteiger partial charge in [-0.2, -0.15) is 0 Å². The van der Waals surface area contributed by atoms with Gasteiger partial charge in [0.25, 0.3) is 0 Å². The van der Waals surface area contributed by atoms with Crippen LogP contribution < -0.4 is 4.90 Å². The summed E-state index contributed by atoms with van der Waals surface area (Å²) in [5.41, 5.74) is 22.7. The van der Waals surface area contributed by atoms with Gasteiger partial charge in [-0.1, -0.05) is 146 Å². The molecule has 0 radical (unpaired) electrons. The molecule has 0 unspecified atom stereocenters. The normalized spacial score (nSPS) is 11.6. The van der Waals surface area contributed by atoms with Crippen LogP contribution in [0.2, 0.25) is 0 Å². The lowest BCUT2D eigenvalue weighted by atomic mass is 9.98. The van der Waals surface area contributed by atoms with Crippen LogP contribution in [-0.2, 0) is 0 Å². The zero-order valence-corrected chi connectivity index (χ0v) is 41.3. The number of para-hydroxylation sites is 4. The van der Waals surface area contributed by atoms with Crippen molar-refractivity contribution in [1.29, 1.82) is 0 Å². The summed E-state index contributed by atoms with van der Waals surface area (Å²) < 4.78 is 4.85. The van der Waals surface area contributed by atoms with Crippen LogP contribution in [0, 0.1) is 27.7 Å². The van der Waals surface area contributed by atoms with E-state index in [9.17, 15) is 0 Å². The molecule has 5 heteroatoms. The number of rotatable bonds is 9. The van der Waals surface area contributed by atoms with Gasteiger partial charge in [0.2, 0.25) is 0 Å². The molecule has 348 valence electrons. The van der Waals surface area contributed by atoms with Crippen molar-refractivity contribution < 1.29 is 0 Å². The summed E-state index contributed by atoms with van der Waals surface area (Å²) in [4.78, 5) is 12.9. The van der Waals surface area contributed by atoms with Crippen molar-refractivity contribution in [2.75, 3.05) is 4.90 Å². The van der Waals surface area contributed by atoms with Crippen LogP contribution in [0.25, 0.3) is 99.8 Å². The second-order valence-electron chi connectivity index (χ2n) is 19.3. The number of fused-ring (bicyclic) bond motifs is 6. The molecule has 13 aromatic rings. The highest BCUT2D eigenvalue weighted by Crippen LogP contribution is 2.45. The predicted molar refractivity (Wildman–Crippen MR) is 306 cm³/mol. The molecule has 73 heavy (non-hydrogen) atoms. The van der Waals surface area contributed by atoms with E-state index >= 15 is 0 Å². The molecule has 0 fully saturated rings. The Kier molecular flexibility index (Phi) is 10.7. The average Bonchev–Trinajstić information content (AvgIpc) is 3.96. The van der Waals surface area contributed by atoms with Crippen molar-refractivity contribution in [2.45, 2.75) is 27.7 Å². The lowest BCUT2D eigenvalue weighted by molar-refractivity contribution is 1.15. The van der Waals surface area contributed by atoms with Gasteiger partial charge < -0.3 is 14.0 Å². The van der Waals surface area contributed by atoms with Gasteiger partial charge in [-0.05, 0) is 151 Å². The molecule has 13 rings (SSSR count). The molecule has 0 spiro atoms. The molecule has 0 saturated carbocycles. The molecular weight excluding hydrogens is 887 g/mol. The number of anilines is 3. The maximum absolute atomic E-state index is 5.22. The van der Waals surface area contributed by atoms with Crippen molar-refractivity contribution in [1.82, 2.24) is 19.1 Å². The molecule has 0 atom stereocenters.